The van der Waals surface area contributed by atoms with E-state index < -0.39 is 0 Å². The van der Waals surface area contributed by atoms with E-state index in [1.807, 2.05) is 13.8 Å². The van der Waals surface area contributed by atoms with Crippen LogP contribution in [-0.4, -0.2) is 10.7 Å². The van der Waals surface area contributed by atoms with Crippen LogP contribution >= 0.6 is 23.2 Å². The number of nitrogens with zero attached hydrogens (tertiary/aromatic N) is 1. The molecule has 0 aliphatic heterocycles. The van der Waals surface area contributed by atoms with E-state index in [4.69, 9.17) is 23.2 Å². The standard InChI is InChI=1S/C4H7Cl2N/c1-3(2)7-4(5)6/h3H,1-2H3. The molecule has 0 radical (unpaired) electrons. The van der Waals surface area contributed by atoms with E-state index in [-0.39, 0.29) is 10.7 Å². The van der Waals surface area contributed by atoms with E-state index in [2.05, 4.69) is 4.99 Å². The molecule has 42 valence electrons. The molecule has 0 saturated heterocycles. The summed E-state index contributed by atoms with van der Waals surface area (Å²) in [6, 6.07) is 0.199. The van der Waals surface area contributed by atoms with Gasteiger partial charge in [0.1, 0.15) is 0 Å². The fraction of sp³-hybridized carbons (Fsp3) is 0.750. The van der Waals surface area contributed by atoms with E-state index >= 15 is 0 Å². The van der Waals surface area contributed by atoms with Crippen molar-refractivity contribution in [3.8, 4) is 0 Å². The highest BCUT2D eigenvalue weighted by atomic mass is 35.5. The molecule has 1 nitrogen and oxygen atoms in total. The van der Waals surface area contributed by atoms with Gasteiger partial charge in [-0.2, -0.15) is 0 Å². The lowest BCUT2D eigenvalue weighted by Crippen LogP contribution is -1.88. The average Bonchev–Trinajstić information content (AvgIpc) is 1.27. The largest absolute Gasteiger partial charge is 0.260 e. The van der Waals surface area contributed by atoms with Crippen molar-refractivity contribution in [3.63, 3.8) is 0 Å². The Morgan fingerprint density at radius 2 is 1.86 bits per heavy atom. The van der Waals surface area contributed by atoms with Crippen LogP contribution < -0.4 is 0 Å². The Morgan fingerprint density at radius 1 is 1.43 bits per heavy atom. The maximum absolute atomic E-state index is 5.19. The van der Waals surface area contributed by atoms with Gasteiger partial charge in [0.05, 0.1) is 0 Å². The molecule has 0 N–H and O–H groups in total. The van der Waals surface area contributed by atoms with Crippen LogP contribution in [0.25, 0.3) is 0 Å². The molecular formula is C4H7Cl2N. The lowest BCUT2D eigenvalue weighted by atomic mass is 10.4. The van der Waals surface area contributed by atoms with Crippen LogP contribution in [0.5, 0.6) is 0 Å². The van der Waals surface area contributed by atoms with Crippen molar-refractivity contribution in [3.05, 3.63) is 0 Å². The fourth-order valence-electron chi connectivity index (χ4n) is 0.195. The lowest BCUT2D eigenvalue weighted by molar-refractivity contribution is 0.842. The Bertz CT molecular complexity index is 73.8. The minimum Gasteiger partial charge on any atom is -0.260 e. The second-order valence-corrected chi connectivity index (χ2v) is 2.37. The average molecular weight is 140 g/mol. The van der Waals surface area contributed by atoms with Crippen molar-refractivity contribution < 1.29 is 0 Å². The summed E-state index contributed by atoms with van der Waals surface area (Å²) in [7, 11) is 0. The molecule has 7 heavy (non-hydrogen) atoms. The molecule has 0 atom stereocenters. The first-order valence-corrected chi connectivity index (χ1v) is 2.77. The quantitative estimate of drug-likeness (QED) is 0.495. The number of rotatable bonds is 1. The zero-order valence-corrected chi connectivity index (χ0v) is 5.79. The summed E-state index contributed by atoms with van der Waals surface area (Å²) in [5.74, 6) is 0. The molecule has 0 aliphatic carbocycles. The van der Waals surface area contributed by atoms with Gasteiger partial charge in [0.2, 0.25) is 0 Å². The van der Waals surface area contributed by atoms with Gasteiger partial charge in [-0.05, 0) is 37.0 Å². The van der Waals surface area contributed by atoms with Crippen LogP contribution in [0.15, 0.2) is 4.99 Å². The maximum Gasteiger partial charge on any atom is 0.192 e. The van der Waals surface area contributed by atoms with Crippen LogP contribution in [0.2, 0.25) is 0 Å². The van der Waals surface area contributed by atoms with Crippen LogP contribution in [0.4, 0.5) is 0 Å². The lowest BCUT2D eigenvalue weighted by Gasteiger charge is -1.90. The topological polar surface area (TPSA) is 12.4 Å². The summed E-state index contributed by atoms with van der Waals surface area (Å²) in [4.78, 5) is 3.73. The van der Waals surface area contributed by atoms with Gasteiger partial charge < -0.3 is 0 Å². The first-order chi connectivity index (χ1) is 3.13. The Morgan fingerprint density at radius 3 is 1.86 bits per heavy atom. The first-order valence-electron chi connectivity index (χ1n) is 2.01. The van der Waals surface area contributed by atoms with Crippen molar-refractivity contribution in [1.29, 1.82) is 0 Å². The maximum atomic E-state index is 5.19. The highest BCUT2D eigenvalue weighted by molar-refractivity contribution is 6.95. The Hall–Kier alpha value is 0.250. The molecule has 0 aromatic carbocycles. The second kappa shape index (κ2) is 3.28. The van der Waals surface area contributed by atoms with E-state index in [9.17, 15) is 0 Å². The molecule has 0 spiro atoms. The first kappa shape index (κ1) is 7.25. The van der Waals surface area contributed by atoms with Gasteiger partial charge in [-0.25, -0.2) is 0 Å². The molecule has 3 heteroatoms. The molecule has 0 aromatic heterocycles. The van der Waals surface area contributed by atoms with Crippen molar-refractivity contribution in [2.75, 3.05) is 0 Å². The molecule has 0 rings (SSSR count). The third kappa shape index (κ3) is 6.25. The van der Waals surface area contributed by atoms with Crippen molar-refractivity contribution >= 4 is 27.8 Å². The Balaban J connectivity index is 3.45. The van der Waals surface area contributed by atoms with Gasteiger partial charge >= 0.3 is 0 Å². The number of halogens is 2. The summed E-state index contributed by atoms with van der Waals surface area (Å²) in [6.07, 6.45) is 0. The Kier molecular flexibility index (Phi) is 3.39. The molecule has 0 heterocycles. The van der Waals surface area contributed by atoms with Crippen molar-refractivity contribution in [2.24, 2.45) is 4.99 Å². The van der Waals surface area contributed by atoms with Crippen LogP contribution in [0.3, 0.4) is 0 Å². The molecule has 0 amide bonds. The summed E-state index contributed by atoms with van der Waals surface area (Å²) in [5.41, 5.74) is 0. The van der Waals surface area contributed by atoms with Crippen LogP contribution in [-0.2, 0) is 0 Å². The zero-order chi connectivity index (χ0) is 5.86. The summed E-state index contributed by atoms with van der Waals surface area (Å²) in [5, 5.41) is 0. The third-order valence-electron chi connectivity index (χ3n) is 0.356. The highest BCUT2D eigenvalue weighted by Gasteiger charge is 1.86. The molecule has 0 aliphatic rings. The number of hydrogen-bond donors (Lipinski definition) is 0. The number of hydrogen-bond acceptors (Lipinski definition) is 1. The van der Waals surface area contributed by atoms with E-state index in [1.54, 1.807) is 0 Å². The fourth-order valence-corrected chi connectivity index (χ4v) is 0.586. The molecular weight excluding hydrogens is 133 g/mol. The van der Waals surface area contributed by atoms with E-state index in [1.165, 1.54) is 0 Å². The summed E-state index contributed by atoms with van der Waals surface area (Å²) in [6.45, 7) is 3.82. The molecule has 0 aromatic rings. The van der Waals surface area contributed by atoms with Gasteiger partial charge in [-0.1, -0.05) is 0 Å². The minimum absolute atomic E-state index is 0.106. The monoisotopic (exact) mass is 139 g/mol. The summed E-state index contributed by atoms with van der Waals surface area (Å²) >= 11 is 10.4. The molecule has 0 fully saturated rings. The molecule has 0 bridgehead atoms. The van der Waals surface area contributed by atoms with Gasteiger partial charge in [-0.3, -0.25) is 4.99 Å². The predicted octanol–water partition coefficient (Wildman–Crippen LogP) is 2.23. The van der Waals surface area contributed by atoms with Crippen LogP contribution in [0.1, 0.15) is 13.8 Å². The third-order valence-corrected chi connectivity index (χ3v) is 0.551. The smallest absolute Gasteiger partial charge is 0.192 e. The van der Waals surface area contributed by atoms with Crippen molar-refractivity contribution in [1.82, 2.24) is 0 Å². The number of aliphatic imine (C=N–C) groups is 1. The normalized spacial score (nSPS) is 9.29. The Labute approximate surface area is 53.3 Å². The summed E-state index contributed by atoms with van der Waals surface area (Å²) < 4.78 is 0.106. The molecule has 0 unspecified atom stereocenters. The van der Waals surface area contributed by atoms with Crippen LogP contribution in [0, 0.1) is 0 Å². The molecule has 0 saturated carbocycles. The highest BCUT2D eigenvalue weighted by Crippen LogP contribution is 1.95. The van der Waals surface area contributed by atoms with Gasteiger partial charge in [0.25, 0.3) is 0 Å². The van der Waals surface area contributed by atoms with E-state index in [0.717, 1.165) is 0 Å². The zero-order valence-electron chi connectivity index (χ0n) is 4.28. The van der Waals surface area contributed by atoms with Gasteiger partial charge in [0.15, 0.2) is 4.63 Å². The van der Waals surface area contributed by atoms with Crippen molar-refractivity contribution in [2.45, 2.75) is 19.9 Å². The minimum atomic E-state index is 0.106. The van der Waals surface area contributed by atoms with Gasteiger partial charge in [-0.15, -0.1) is 0 Å². The predicted molar refractivity (Wildman–Crippen MR) is 34.3 cm³/mol. The van der Waals surface area contributed by atoms with Gasteiger partial charge in [0, 0.05) is 6.04 Å². The SMILES string of the molecule is CC(C)N=C(Cl)Cl. The second-order valence-electron chi connectivity index (χ2n) is 1.46. The van der Waals surface area contributed by atoms with E-state index in [0.29, 0.717) is 0 Å².